The first-order chi connectivity index (χ1) is 12.0. The summed E-state index contributed by atoms with van der Waals surface area (Å²) in [7, 11) is 0. The van der Waals surface area contributed by atoms with Crippen molar-refractivity contribution in [2.24, 2.45) is 0 Å². The van der Waals surface area contributed by atoms with Crippen LogP contribution in [0.25, 0.3) is 0 Å². The van der Waals surface area contributed by atoms with Crippen molar-refractivity contribution in [3.05, 3.63) is 11.6 Å². The van der Waals surface area contributed by atoms with Gasteiger partial charge in [0.15, 0.2) is 0 Å². The van der Waals surface area contributed by atoms with Gasteiger partial charge >= 0.3 is 0 Å². The first-order valence-electron chi connectivity index (χ1n) is 9.64. The fourth-order valence-corrected chi connectivity index (χ4v) is 4.19. The molecule has 0 saturated carbocycles. The minimum atomic E-state index is -0.0504. The number of carbonyl (C=O) groups excluding carboxylic acids is 1. The number of amides is 1. The second kappa shape index (κ2) is 7.83. The van der Waals surface area contributed by atoms with Gasteiger partial charge in [-0.1, -0.05) is 6.92 Å². The number of nitrogens with zero attached hydrogens (tertiary/aromatic N) is 6. The number of likely N-dealkylation sites (N-methyl/N-ethyl adjacent to an activating group) is 1. The molecule has 140 valence electrons. The second-order valence-corrected chi connectivity index (χ2v) is 7.36. The maximum atomic E-state index is 13.0. The van der Waals surface area contributed by atoms with Crippen molar-refractivity contribution >= 4 is 5.91 Å². The van der Waals surface area contributed by atoms with E-state index >= 15 is 0 Å². The van der Waals surface area contributed by atoms with Crippen molar-refractivity contribution in [1.82, 2.24) is 29.5 Å². The summed E-state index contributed by atoms with van der Waals surface area (Å²) in [5.74, 6) is 2.06. The normalized spacial score (nSPS) is 24.0. The van der Waals surface area contributed by atoms with E-state index in [2.05, 4.69) is 38.6 Å². The summed E-state index contributed by atoms with van der Waals surface area (Å²) >= 11 is 0. The maximum Gasteiger partial charge on any atom is 0.239 e. The molecule has 0 unspecified atom stereocenters. The molecule has 0 bridgehead atoms. The molecule has 3 rings (SSSR count). The van der Waals surface area contributed by atoms with Crippen LogP contribution in [0.15, 0.2) is 0 Å². The lowest BCUT2D eigenvalue weighted by Crippen LogP contribution is -2.55. The van der Waals surface area contributed by atoms with Crippen LogP contribution in [0.5, 0.6) is 0 Å². The SMILES string of the molecule is CCN1CCN(C(=O)[C@@H](C)N2CCC[C@H]2Cn2nc(C)nc2C)CC1. The Kier molecular flexibility index (Phi) is 5.74. The number of rotatable bonds is 5. The summed E-state index contributed by atoms with van der Waals surface area (Å²) in [6.07, 6.45) is 2.28. The minimum absolute atomic E-state index is 0.0504. The summed E-state index contributed by atoms with van der Waals surface area (Å²) in [5, 5.41) is 4.50. The van der Waals surface area contributed by atoms with Gasteiger partial charge in [0.05, 0.1) is 12.6 Å². The fourth-order valence-electron chi connectivity index (χ4n) is 4.19. The zero-order valence-electron chi connectivity index (χ0n) is 16.1. The largest absolute Gasteiger partial charge is 0.339 e. The van der Waals surface area contributed by atoms with E-state index in [1.165, 1.54) is 0 Å². The number of hydrogen-bond acceptors (Lipinski definition) is 5. The number of hydrogen-bond donors (Lipinski definition) is 0. The van der Waals surface area contributed by atoms with Crippen molar-refractivity contribution in [3.63, 3.8) is 0 Å². The number of aryl methyl sites for hydroxylation is 2. The van der Waals surface area contributed by atoms with Gasteiger partial charge in [0.25, 0.3) is 0 Å². The molecule has 7 nitrogen and oxygen atoms in total. The van der Waals surface area contributed by atoms with Gasteiger partial charge in [-0.2, -0.15) is 5.10 Å². The lowest BCUT2D eigenvalue weighted by Gasteiger charge is -2.38. The van der Waals surface area contributed by atoms with Gasteiger partial charge < -0.3 is 9.80 Å². The van der Waals surface area contributed by atoms with Crippen molar-refractivity contribution in [2.45, 2.75) is 59.2 Å². The standard InChI is InChI=1S/C18H32N6O/c1-5-21-9-11-22(12-10-21)18(25)14(2)23-8-6-7-17(23)13-24-16(4)19-15(3)20-24/h14,17H,5-13H2,1-4H3/t14-,17+/m1/s1. The third-order valence-electron chi connectivity index (χ3n) is 5.75. The fraction of sp³-hybridized carbons (Fsp3) is 0.833. The highest BCUT2D eigenvalue weighted by Gasteiger charge is 2.35. The van der Waals surface area contributed by atoms with Crippen LogP contribution in [0, 0.1) is 13.8 Å². The minimum Gasteiger partial charge on any atom is -0.339 e. The van der Waals surface area contributed by atoms with Crippen LogP contribution in [0.1, 0.15) is 38.3 Å². The molecular weight excluding hydrogens is 316 g/mol. The lowest BCUT2D eigenvalue weighted by molar-refractivity contribution is -0.138. The highest BCUT2D eigenvalue weighted by molar-refractivity contribution is 5.81. The van der Waals surface area contributed by atoms with Gasteiger partial charge in [0, 0.05) is 32.2 Å². The van der Waals surface area contributed by atoms with Gasteiger partial charge in [-0.3, -0.25) is 9.69 Å². The Morgan fingerprint density at radius 2 is 1.92 bits per heavy atom. The Hall–Kier alpha value is -1.47. The smallest absolute Gasteiger partial charge is 0.239 e. The lowest BCUT2D eigenvalue weighted by atomic mass is 10.1. The number of piperazine rings is 1. The summed E-state index contributed by atoms with van der Waals surface area (Å²) in [6.45, 7) is 14.8. The average Bonchev–Trinajstić information content (AvgIpc) is 3.20. The predicted octanol–water partition coefficient (Wildman–Crippen LogP) is 0.912. The average molecular weight is 348 g/mol. The van der Waals surface area contributed by atoms with Crippen LogP contribution in [0.2, 0.25) is 0 Å². The van der Waals surface area contributed by atoms with Crippen molar-refractivity contribution < 1.29 is 4.79 Å². The number of carbonyl (C=O) groups is 1. The monoisotopic (exact) mass is 348 g/mol. The molecule has 0 radical (unpaired) electrons. The molecule has 1 aromatic rings. The topological polar surface area (TPSA) is 57.5 Å². The van der Waals surface area contributed by atoms with Gasteiger partial charge in [-0.05, 0) is 46.7 Å². The summed E-state index contributed by atoms with van der Waals surface area (Å²) < 4.78 is 2.00. The molecule has 2 atom stereocenters. The van der Waals surface area contributed by atoms with Crippen LogP contribution in [-0.4, -0.2) is 86.7 Å². The van der Waals surface area contributed by atoms with Gasteiger partial charge in [-0.25, -0.2) is 9.67 Å². The van der Waals surface area contributed by atoms with E-state index in [4.69, 9.17) is 0 Å². The van der Waals surface area contributed by atoms with Crippen LogP contribution in [0.3, 0.4) is 0 Å². The van der Waals surface area contributed by atoms with Crippen molar-refractivity contribution in [1.29, 1.82) is 0 Å². The van der Waals surface area contributed by atoms with E-state index < -0.39 is 0 Å². The summed E-state index contributed by atoms with van der Waals surface area (Å²) in [4.78, 5) is 24.2. The Balaban J connectivity index is 1.61. The predicted molar refractivity (Wildman–Crippen MR) is 97.4 cm³/mol. The van der Waals surface area contributed by atoms with Crippen LogP contribution < -0.4 is 0 Å². The van der Waals surface area contributed by atoms with Crippen LogP contribution >= 0.6 is 0 Å². The molecule has 2 aliphatic heterocycles. The molecule has 3 heterocycles. The van der Waals surface area contributed by atoms with E-state index in [1.807, 2.05) is 18.5 Å². The van der Waals surface area contributed by atoms with Crippen molar-refractivity contribution in [2.75, 3.05) is 39.3 Å². The molecule has 25 heavy (non-hydrogen) atoms. The Labute approximate surface area is 151 Å². The highest BCUT2D eigenvalue weighted by atomic mass is 16.2. The molecule has 7 heteroatoms. The third-order valence-corrected chi connectivity index (χ3v) is 5.75. The highest BCUT2D eigenvalue weighted by Crippen LogP contribution is 2.23. The second-order valence-electron chi connectivity index (χ2n) is 7.36. The number of aromatic nitrogens is 3. The van der Waals surface area contributed by atoms with E-state index in [1.54, 1.807) is 0 Å². The van der Waals surface area contributed by atoms with E-state index in [9.17, 15) is 4.79 Å². The Morgan fingerprint density at radius 1 is 1.20 bits per heavy atom. The quantitative estimate of drug-likeness (QED) is 0.792. The molecule has 1 amide bonds. The van der Waals surface area contributed by atoms with Gasteiger partial charge in [-0.15, -0.1) is 0 Å². The molecular formula is C18H32N6O. The Bertz CT molecular complexity index is 592. The molecule has 1 aromatic heterocycles. The maximum absolute atomic E-state index is 13.0. The summed E-state index contributed by atoms with van der Waals surface area (Å²) in [5.41, 5.74) is 0. The first-order valence-corrected chi connectivity index (χ1v) is 9.64. The van der Waals surface area contributed by atoms with Crippen LogP contribution in [0.4, 0.5) is 0 Å². The molecule has 2 aliphatic rings. The van der Waals surface area contributed by atoms with Gasteiger partial charge in [0.2, 0.25) is 5.91 Å². The summed E-state index contributed by atoms with van der Waals surface area (Å²) in [6, 6.07) is 0.321. The molecule has 2 saturated heterocycles. The van der Waals surface area contributed by atoms with Crippen LogP contribution in [-0.2, 0) is 11.3 Å². The molecule has 0 spiro atoms. The number of likely N-dealkylation sites (tertiary alicyclic amines) is 1. The van der Waals surface area contributed by atoms with E-state index in [0.29, 0.717) is 6.04 Å². The van der Waals surface area contributed by atoms with Crippen molar-refractivity contribution in [3.8, 4) is 0 Å². The third kappa shape index (κ3) is 4.03. The molecule has 2 fully saturated rings. The van der Waals surface area contributed by atoms with Gasteiger partial charge in [0.1, 0.15) is 11.6 Å². The zero-order valence-corrected chi connectivity index (χ0v) is 16.1. The molecule has 0 aliphatic carbocycles. The first kappa shape index (κ1) is 18.3. The Morgan fingerprint density at radius 3 is 2.52 bits per heavy atom. The zero-order chi connectivity index (χ0) is 18.0. The van der Waals surface area contributed by atoms with E-state index in [-0.39, 0.29) is 11.9 Å². The molecule has 0 aromatic carbocycles. The van der Waals surface area contributed by atoms with E-state index in [0.717, 1.165) is 70.3 Å². The molecule has 0 N–H and O–H groups in total.